The molecule has 9 heteroatoms. The largest absolute Gasteiger partial charge is 0.455 e. The molecular formula is C27H29FN2O4SSi. The molecule has 0 spiro atoms. The third-order valence-electron chi connectivity index (χ3n) is 5.20. The van der Waals surface area contributed by atoms with Crippen molar-refractivity contribution in [2.45, 2.75) is 38.7 Å². The first-order chi connectivity index (χ1) is 16.9. The summed E-state index contributed by atoms with van der Waals surface area (Å²) in [5, 5.41) is 0. The highest BCUT2D eigenvalue weighted by Gasteiger charge is 2.19. The highest BCUT2D eigenvalue weighted by molar-refractivity contribution is 7.90. The molecule has 1 amide bonds. The first-order valence-electron chi connectivity index (χ1n) is 11.4. The molecule has 0 aliphatic heterocycles. The van der Waals surface area contributed by atoms with Crippen molar-refractivity contribution in [3.8, 4) is 23.0 Å². The number of ether oxygens (including phenoxy) is 1. The molecule has 0 fully saturated rings. The first-order valence-corrected chi connectivity index (χ1v) is 16.7. The number of nitrogens with zero attached hydrogens (tertiary/aromatic N) is 1. The molecule has 0 saturated heterocycles. The van der Waals surface area contributed by atoms with Gasteiger partial charge in [0.15, 0.2) is 15.6 Å². The van der Waals surface area contributed by atoms with E-state index in [1.807, 2.05) is 0 Å². The van der Waals surface area contributed by atoms with Crippen molar-refractivity contribution in [1.29, 1.82) is 0 Å². The molecule has 3 aromatic rings. The van der Waals surface area contributed by atoms with Gasteiger partial charge in [0.05, 0.1) is 17.5 Å². The third kappa shape index (κ3) is 7.51. The van der Waals surface area contributed by atoms with Crippen molar-refractivity contribution in [3.63, 3.8) is 0 Å². The number of halogens is 1. The van der Waals surface area contributed by atoms with Crippen molar-refractivity contribution in [2.75, 3.05) is 5.75 Å². The van der Waals surface area contributed by atoms with Gasteiger partial charge in [-0.25, -0.2) is 12.8 Å². The van der Waals surface area contributed by atoms with Crippen LogP contribution in [0.4, 0.5) is 4.39 Å². The van der Waals surface area contributed by atoms with E-state index >= 15 is 0 Å². The lowest BCUT2D eigenvalue weighted by Crippen LogP contribution is -2.16. The number of hydrogen-bond donors (Lipinski definition) is 1. The van der Waals surface area contributed by atoms with E-state index in [4.69, 9.17) is 10.5 Å². The molecule has 6 nitrogen and oxygen atoms in total. The van der Waals surface area contributed by atoms with Gasteiger partial charge in [-0.1, -0.05) is 50.7 Å². The van der Waals surface area contributed by atoms with Crippen LogP contribution in [0.25, 0.3) is 0 Å². The Hall–Kier alpha value is -3.48. The van der Waals surface area contributed by atoms with E-state index in [-0.39, 0.29) is 29.2 Å². The van der Waals surface area contributed by atoms with Crippen LogP contribution in [0, 0.1) is 17.3 Å². The Morgan fingerprint density at radius 3 is 2.50 bits per heavy atom. The van der Waals surface area contributed by atoms with Gasteiger partial charge in [-0.3, -0.25) is 9.78 Å². The molecule has 0 radical (unpaired) electrons. The van der Waals surface area contributed by atoms with Crippen molar-refractivity contribution in [1.82, 2.24) is 4.98 Å². The summed E-state index contributed by atoms with van der Waals surface area (Å²) in [6, 6.07) is 11.3. The van der Waals surface area contributed by atoms with Gasteiger partial charge in [-0.2, -0.15) is 0 Å². The molecule has 0 saturated carbocycles. The molecule has 0 aliphatic carbocycles. The molecule has 188 valence electrons. The van der Waals surface area contributed by atoms with Crippen LogP contribution in [-0.2, 0) is 22.0 Å². The van der Waals surface area contributed by atoms with Gasteiger partial charge in [0.2, 0.25) is 0 Å². The highest BCUT2D eigenvalue weighted by atomic mass is 32.2. The molecule has 2 N–H and O–H groups in total. The fourth-order valence-electron chi connectivity index (χ4n) is 3.39. The number of carbonyl (C=O) groups is 1. The molecule has 2 aromatic carbocycles. The highest BCUT2D eigenvalue weighted by Crippen LogP contribution is 2.29. The Bertz CT molecular complexity index is 1450. The average molecular weight is 525 g/mol. The van der Waals surface area contributed by atoms with Crippen LogP contribution >= 0.6 is 0 Å². The SMILES string of the molecule is CCS(=O)(=O)Cc1cccc(Oc2cncc(Cc3ccc(C#C[Si](C)(C)C)cc3F)c2C(N)=O)c1. The Labute approximate surface area is 212 Å². The molecule has 3 rings (SSSR count). The Balaban J connectivity index is 1.91. The second-order valence-corrected chi connectivity index (χ2v) is 16.5. The number of pyridine rings is 1. The molecule has 0 unspecified atom stereocenters. The summed E-state index contributed by atoms with van der Waals surface area (Å²) < 4.78 is 44.7. The minimum Gasteiger partial charge on any atom is -0.455 e. The maximum atomic E-state index is 14.9. The van der Waals surface area contributed by atoms with Crippen LogP contribution in [-0.4, -0.2) is 33.1 Å². The molecule has 0 aliphatic rings. The number of nitrogens with two attached hydrogens (primary N) is 1. The van der Waals surface area contributed by atoms with Crippen molar-refractivity contribution >= 4 is 23.8 Å². The normalized spacial score (nSPS) is 11.5. The second kappa shape index (κ2) is 11.1. The molecule has 36 heavy (non-hydrogen) atoms. The van der Waals surface area contributed by atoms with Crippen molar-refractivity contribution in [3.05, 3.63) is 88.5 Å². The smallest absolute Gasteiger partial charge is 0.252 e. The van der Waals surface area contributed by atoms with Crippen molar-refractivity contribution in [2.24, 2.45) is 5.73 Å². The summed E-state index contributed by atoms with van der Waals surface area (Å²) in [4.78, 5) is 16.5. The van der Waals surface area contributed by atoms with E-state index in [2.05, 4.69) is 36.1 Å². The Kier molecular flexibility index (Phi) is 8.33. The second-order valence-electron chi connectivity index (χ2n) is 9.45. The van der Waals surface area contributed by atoms with Gasteiger partial charge < -0.3 is 10.5 Å². The van der Waals surface area contributed by atoms with Gasteiger partial charge >= 0.3 is 0 Å². The lowest BCUT2D eigenvalue weighted by atomic mass is 9.99. The molecule has 0 bridgehead atoms. The number of hydrogen-bond acceptors (Lipinski definition) is 5. The quantitative estimate of drug-likeness (QED) is 0.335. The number of amides is 1. The van der Waals surface area contributed by atoms with E-state index < -0.39 is 29.6 Å². The summed E-state index contributed by atoms with van der Waals surface area (Å²) in [6.45, 7) is 7.92. The van der Waals surface area contributed by atoms with Crippen LogP contribution in [0.2, 0.25) is 19.6 Å². The van der Waals surface area contributed by atoms with Crippen LogP contribution in [0.3, 0.4) is 0 Å². The summed E-state index contributed by atoms with van der Waals surface area (Å²) in [6.07, 6.45) is 2.88. The molecule has 0 atom stereocenters. The molecular weight excluding hydrogens is 495 g/mol. The zero-order valence-corrected chi connectivity index (χ0v) is 22.6. The number of rotatable bonds is 8. The third-order valence-corrected chi connectivity index (χ3v) is 7.73. The van der Waals surface area contributed by atoms with Gasteiger partial charge in [0, 0.05) is 23.9 Å². The topological polar surface area (TPSA) is 99.3 Å². The Morgan fingerprint density at radius 1 is 1.11 bits per heavy atom. The van der Waals surface area contributed by atoms with Crippen LogP contribution < -0.4 is 10.5 Å². The van der Waals surface area contributed by atoms with E-state index in [0.717, 1.165) is 0 Å². The predicted molar refractivity (Wildman–Crippen MR) is 142 cm³/mol. The standard InChI is InChI=1S/C27H29FN2O4SSi/c1-5-35(32,33)18-20-7-6-8-23(13-20)34-25-17-30-16-22(26(25)27(29)31)15-21-10-9-19(14-24(21)28)11-12-36(2,3)4/h6-10,13-14,16-17H,5,15,18H2,1-4H3,(H2,29,31). The van der Waals surface area contributed by atoms with Crippen molar-refractivity contribution < 1.29 is 22.3 Å². The first kappa shape index (κ1) is 27.1. The summed E-state index contributed by atoms with van der Waals surface area (Å²) in [5.41, 5.74) is 10.9. The predicted octanol–water partition coefficient (Wildman–Crippen LogP) is 4.87. The molecule has 1 heterocycles. The minimum atomic E-state index is -3.23. The number of primary amides is 1. The van der Waals surface area contributed by atoms with Gasteiger partial charge in [0.1, 0.15) is 19.6 Å². The Morgan fingerprint density at radius 2 is 1.86 bits per heavy atom. The monoisotopic (exact) mass is 524 g/mol. The van der Waals surface area contributed by atoms with Gasteiger partial charge in [0.25, 0.3) is 5.91 Å². The maximum Gasteiger partial charge on any atom is 0.252 e. The molecule has 1 aromatic heterocycles. The fraction of sp³-hybridized carbons (Fsp3) is 0.259. The van der Waals surface area contributed by atoms with Crippen LogP contribution in [0.5, 0.6) is 11.5 Å². The zero-order valence-electron chi connectivity index (χ0n) is 20.8. The lowest BCUT2D eigenvalue weighted by molar-refractivity contribution is 0.0997. The van der Waals surface area contributed by atoms with Gasteiger partial charge in [-0.05, 0) is 41.0 Å². The van der Waals surface area contributed by atoms with E-state index in [1.54, 1.807) is 43.3 Å². The number of carbonyl (C=O) groups excluding carboxylic acids is 1. The average Bonchev–Trinajstić information content (AvgIpc) is 2.79. The number of aromatic nitrogens is 1. The summed E-state index contributed by atoms with van der Waals surface area (Å²) in [5.74, 6) is 2.18. The fourth-order valence-corrected chi connectivity index (χ4v) is 4.80. The van der Waals surface area contributed by atoms with Crippen LogP contribution in [0.15, 0.2) is 54.9 Å². The van der Waals surface area contributed by atoms with E-state index in [0.29, 0.717) is 28.0 Å². The maximum absolute atomic E-state index is 14.9. The summed E-state index contributed by atoms with van der Waals surface area (Å²) >= 11 is 0. The summed E-state index contributed by atoms with van der Waals surface area (Å²) in [7, 11) is -4.82. The van der Waals surface area contributed by atoms with E-state index in [9.17, 15) is 17.6 Å². The lowest BCUT2D eigenvalue weighted by Gasteiger charge is -2.14. The zero-order chi connectivity index (χ0) is 26.5. The van der Waals surface area contributed by atoms with Crippen LogP contribution in [0.1, 0.15) is 39.5 Å². The number of benzene rings is 2. The van der Waals surface area contributed by atoms with Gasteiger partial charge in [-0.15, -0.1) is 5.54 Å². The number of sulfone groups is 1. The minimum absolute atomic E-state index is 0.0261. The van der Waals surface area contributed by atoms with E-state index in [1.165, 1.54) is 18.5 Å².